The van der Waals surface area contributed by atoms with Gasteiger partial charge in [-0.1, -0.05) is 6.92 Å². The molecular formula is C24H41IN4O4. The first-order chi connectivity index (χ1) is 15.7. The Morgan fingerprint density at radius 2 is 1.97 bits per heavy atom. The normalized spacial score (nSPS) is 28.6. The molecule has 3 fully saturated rings. The number of furan rings is 1. The van der Waals surface area contributed by atoms with Gasteiger partial charge in [0.2, 0.25) is 0 Å². The molecule has 3 aliphatic rings. The van der Waals surface area contributed by atoms with Crippen LogP contribution in [-0.2, 0) is 20.6 Å². The summed E-state index contributed by atoms with van der Waals surface area (Å²) in [6, 6.07) is 3.93. The van der Waals surface area contributed by atoms with Gasteiger partial charge in [-0.25, -0.2) is 0 Å². The smallest absolute Gasteiger partial charge is 0.191 e. The topological polar surface area (TPSA) is 80.5 Å². The van der Waals surface area contributed by atoms with Crippen molar-refractivity contribution >= 4 is 29.9 Å². The summed E-state index contributed by atoms with van der Waals surface area (Å²) in [6.07, 6.45) is 8.01. The Hall–Kier alpha value is -0.880. The van der Waals surface area contributed by atoms with E-state index < -0.39 is 0 Å². The van der Waals surface area contributed by atoms with Crippen molar-refractivity contribution in [3.8, 4) is 0 Å². The fourth-order valence-corrected chi connectivity index (χ4v) is 4.63. The number of morpholine rings is 1. The van der Waals surface area contributed by atoms with Crippen LogP contribution < -0.4 is 10.6 Å². The van der Waals surface area contributed by atoms with Gasteiger partial charge in [0.25, 0.3) is 0 Å². The van der Waals surface area contributed by atoms with Gasteiger partial charge in [0.05, 0.1) is 32.6 Å². The highest BCUT2D eigenvalue weighted by Gasteiger charge is 2.43. The van der Waals surface area contributed by atoms with Crippen LogP contribution >= 0.6 is 24.0 Å². The van der Waals surface area contributed by atoms with Crippen molar-refractivity contribution < 1.29 is 18.6 Å². The lowest BCUT2D eigenvalue weighted by atomic mass is 9.86. The summed E-state index contributed by atoms with van der Waals surface area (Å²) in [5.74, 6) is 2.23. The number of nitrogens with one attached hydrogen (secondary N) is 2. The van der Waals surface area contributed by atoms with Gasteiger partial charge in [0.1, 0.15) is 11.9 Å². The number of nitrogens with zero attached hydrogens (tertiary/aromatic N) is 2. The second kappa shape index (κ2) is 13.9. The van der Waals surface area contributed by atoms with E-state index in [9.17, 15) is 0 Å². The van der Waals surface area contributed by atoms with Crippen LogP contribution in [0.15, 0.2) is 27.8 Å². The third-order valence-electron chi connectivity index (χ3n) is 6.69. The van der Waals surface area contributed by atoms with Gasteiger partial charge in [-0.3, -0.25) is 9.89 Å². The van der Waals surface area contributed by atoms with E-state index in [1.54, 1.807) is 6.26 Å². The summed E-state index contributed by atoms with van der Waals surface area (Å²) in [5, 5.41) is 6.94. The minimum absolute atomic E-state index is 0. The zero-order chi connectivity index (χ0) is 22.1. The van der Waals surface area contributed by atoms with Crippen molar-refractivity contribution in [2.75, 3.05) is 59.1 Å². The molecule has 8 nitrogen and oxygen atoms in total. The summed E-state index contributed by atoms with van der Waals surface area (Å²) < 4.78 is 23.3. The van der Waals surface area contributed by atoms with Gasteiger partial charge in [-0.05, 0) is 43.9 Å². The lowest BCUT2D eigenvalue weighted by Gasteiger charge is -2.34. The molecule has 188 valence electrons. The molecule has 2 saturated heterocycles. The molecule has 0 bridgehead atoms. The molecule has 0 radical (unpaired) electrons. The lowest BCUT2D eigenvalue weighted by molar-refractivity contribution is -0.190. The number of rotatable bonds is 9. The number of ether oxygens (including phenoxy) is 3. The lowest BCUT2D eigenvalue weighted by Crippen LogP contribution is -2.41. The van der Waals surface area contributed by atoms with E-state index in [4.69, 9.17) is 23.6 Å². The second-order valence-corrected chi connectivity index (χ2v) is 9.32. The first-order valence-electron chi connectivity index (χ1n) is 12.4. The Kier molecular flexibility index (Phi) is 11.2. The minimum Gasteiger partial charge on any atom is -0.469 e. The van der Waals surface area contributed by atoms with Crippen LogP contribution in [0.4, 0.5) is 0 Å². The Balaban J connectivity index is 0.00000306. The van der Waals surface area contributed by atoms with Crippen LogP contribution in [0.25, 0.3) is 0 Å². The predicted molar refractivity (Wildman–Crippen MR) is 139 cm³/mol. The largest absolute Gasteiger partial charge is 0.469 e. The Bertz CT molecular complexity index is 689. The molecule has 9 heteroatoms. The van der Waals surface area contributed by atoms with Crippen molar-refractivity contribution in [2.45, 2.75) is 57.3 Å². The van der Waals surface area contributed by atoms with Gasteiger partial charge < -0.3 is 29.3 Å². The van der Waals surface area contributed by atoms with E-state index in [-0.39, 0.29) is 35.9 Å². The Morgan fingerprint density at radius 1 is 1.18 bits per heavy atom. The maximum absolute atomic E-state index is 6.34. The molecule has 33 heavy (non-hydrogen) atoms. The summed E-state index contributed by atoms with van der Waals surface area (Å²) >= 11 is 0. The summed E-state index contributed by atoms with van der Waals surface area (Å²) in [4.78, 5) is 7.29. The highest BCUT2D eigenvalue weighted by Crippen LogP contribution is 2.39. The van der Waals surface area contributed by atoms with Gasteiger partial charge in [-0.2, -0.15) is 0 Å². The quantitative estimate of drug-likeness (QED) is 0.203. The van der Waals surface area contributed by atoms with Crippen LogP contribution in [0.2, 0.25) is 0 Å². The molecular weight excluding hydrogens is 535 g/mol. The molecule has 1 atom stereocenters. The van der Waals surface area contributed by atoms with E-state index in [0.717, 1.165) is 89.3 Å². The average molecular weight is 577 g/mol. The molecule has 2 aliphatic heterocycles. The molecule has 0 amide bonds. The van der Waals surface area contributed by atoms with Crippen molar-refractivity contribution in [1.82, 2.24) is 15.5 Å². The Labute approximate surface area is 215 Å². The van der Waals surface area contributed by atoms with E-state index in [1.807, 2.05) is 12.1 Å². The van der Waals surface area contributed by atoms with Crippen molar-refractivity contribution in [3.63, 3.8) is 0 Å². The molecule has 1 spiro atoms. The Morgan fingerprint density at radius 3 is 2.73 bits per heavy atom. The number of hydrogen-bond donors (Lipinski definition) is 2. The van der Waals surface area contributed by atoms with Crippen molar-refractivity contribution in [1.29, 1.82) is 0 Å². The minimum atomic E-state index is -0.356. The van der Waals surface area contributed by atoms with Gasteiger partial charge in [0, 0.05) is 45.4 Å². The highest BCUT2D eigenvalue weighted by molar-refractivity contribution is 14.0. The zero-order valence-corrected chi connectivity index (χ0v) is 22.3. The molecule has 1 aromatic rings. The van der Waals surface area contributed by atoms with E-state index >= 15 is 0 Å². The molecule has 1 aliphatic carbocycles. The third kappa shape index (κ3) is 8.69. The first kappa shape index (κ1) is 26.7. The van der Waals surface area contributed by atoms with E-state index in [1.165, 1.54) is 12.8 Å². The zero-order valence-electron chi connectivity index (χ0n) is 19.9. The van der Waals surface area contributed by atoms with Crippen LogP contribution in [0.3, 0.4) is 0 Å². The molecule has 1 saturated carbocycles. The molecule has 1 unspecified atom stereocenters. The average Bonchev–Trinajstić information content (AvgIpc) is 3.48. The van der Waals surface area contributed by atoms with Crippen LogP contribution in [0.1, 0.15) is 44.8 Å². The molecule has 1 aromatic heterocycles. The number of guanidine groups is 1. The summed E-state index contributed by atoms with van der Waals surface area (Å²) in [7, 11) is 0. The van der Waals surface area contributed by atoms with Crippen LogP contribution in [0, 0.1) is 5.92 Å². The monoisotopic (exact) mass is 576 g/mol. The maximum atomic E-state index is 6.34. The fourth-order valence-electron chi connectivity index (χ4n) is 4.63. The van der Waals surface area contributed by atoms with E-state index in [2.05, 4.69) is 22.5 Å². The number of aliphatic imine (C=N–C) groups is 1. The third-order valence-corrected chi connectivity index (χ3v) is 6.69. The fraction of sp³-hybridized carbons (Fsp3) is 0.792. The predicted octanol–water partition coefficient (Wildman–Crippen LogP) is 3.02. The van der Waals surface area contributed by atoms with Crippen LogP contribution in [-0.4, -0.2) is 81.8 Å². The van der Waals surface area contributed by atoms with Gasteiger partial charge >= 0.3 is 0 Å². The first-order valence-corrected chi connectivity index (χ1v) is 12.4. The summed E-state index contributed by atoms with van der Waals surface area (Å²) in [5.41, 5.74) is 0. The number of hydrogen-bond acceptors (Lipinski definition) is 6. The van der Waals surface area contributed by atoms with Gasteiger partial charge in [0.15, 0.2) is 11.7 Å². The van der Waals surface area contributed by atoms with Crippen molar-refractivity contribution in [3.05, 3.63) is 24.2 Å². The summed E-state index contributed by atoms with van der Waals surface area (Å²) in [6.45, 7) is 10.0. The highest BCUT2D eigenvalue weighted by atomic mass is 127. The second-order valence-electron chi connectivity index (χ2n) is 9.32. The standard InChI is InChI=1S/C24H40N4O4.HI/c1-20-5-8-24(9-6-20)31-19-22(32-24)18-27-23(26-11-7-21-4-2-15-30-21)25-10-3-12-28-13-16-29-17-14-28;/h2,4,15,20,22H,3,5-14,16-19H2,1H3,(H2,25,26,27);1H. The van der Waals surface area contributed by atoms with Crippen molar-refractivity contribution in [2.24, 2.45) is 10.9 Å². The SMILES string of the molecule is CC1CCC2(CC1)OCC(CN=C(NCCCN1CCOCC1)NCCc1ccco1)O2.I. The number of halogens is 1. The van der Waals surface area contributed by atoms with Gasteiger partial charge in [-0.15, -0.1) is 24.0 Å². The maximum Gasteiger partial charge on any atom is 0.191 e. The molecule has 3 heterocycles. The van der Waals surface area contributed by atoms with Crippen LogP contribution in [0.5, 0.6) is 0 Å². The molecule has 4 rings (SSSR count). The van der Waals surface area contributed by atoms with E-state index in [0.29, 0.717) is 13.2 Å². The molecule has 0 aromatic carbocycles. The molecule has 2 N–H and O–H groups in total.